The molecule has 3 heterocycles. The molecule has 0 radical (unpaired) electrons. The number of hydrogen-bond acceptors (Lipinski definition) is 7. The second kappa shape index (κ2) is 5.35. The van der Waals surface area contributed by atoms with Crippen LogP contribution in [0.15, 0.2) is 29.0 Å². The SMILES string of the molecule is NCCn1cc(-c2nc(-c3ncccc3Cl)no2)nn1. The largest absolute Gasteiger partial charge is 0.332 e. The van der Waals surface area contributed by atoms with Crippen LogP contribution in [0.5, 0.6) is 0 Å². The number of aromatic nitrogens is 6. The highest BCUT2D eigenvalue weighted by atomic mass is 35.5. The molecule has 3 aromatic rings. The van der Waals surface area contributed by atoms with Crippen LogP contribution in [0, 0.1) is 0 Å². The van der Waals surface area contributed by atoms with Crippen LogP contribution in [0.3, 0.4) is 0 Å². The van der Waals surface area contributed by atoms with E-state index in [0.29, 0.717) is 35.3 Å². The van der Waals surface area contributed by atoms with Gasteiger partial charge in [0.25, 0.3) is 5.89 Å². The lowest BCUT2D eigenvalue weighted by Crippen LogP contribution is -2.10. The molecular formula is C11H10ClN7O. The van der Waals surface area contributed by atoms with Crippen molar-refractivity contribution in [2.45, 2.75) is 6.54 Å². The van der Waals surface area contributed by atoms with E-state index >= 15 is 0 Å². The Hall–Kier alpha value is -2.32. The van der Waals surface area contributed by atoms with Crippen molar-refractivity contribution >= 4 is 11.6 Å². The van der Waals surface area contributed by atoms with E-state index in [0.717, 1.165) is 0 Å². The minimum absolute atomic E-state index is 0.255. The van der Waals surface area contributed by atoms with Crippen LogP contribution in [0.1, 0.15) is 0 Å². The summed E-state index contributed by atoms with van der Waals surface area (Å²) in [5, 5.41) is 12.1. The first-order valence-electron chi connectivity index (χ1n) is 5.83. The van der Waals surface area contributed by atoms with Crippen LogP contribution >= 0.6 is 11.6 Å². The molecule has 102 valence electrons. The van der Waals surface area contributed by atoms with Crippen LogP contribution in [-0.4, -0.2) is 36.7 Å². The summed E-state index contributed by atoms with van der Waals surface area (Å²) in [6.45, 7) is 1.04. The molecule has 0 aliphatic rings. The Morgan fingerprint density at radius 1 is 1.40 bits per heavy atom. The van der Waals surface area contributed by atoms with Gasteiger partial charge in [0, 0.05) is 12.7 Å². The zero-order valence-electron chi connectivity index (χ0n) is 10.3. The molecule has 0 saturated heterocycles. The van der Waals surface area contributed by atoms with Crippen molar-refractivity contribution in [2.75, 3.05) is 6.54 Å². The lowest BCUT2D eigenvalue weighted by Gasteiger charge is -1.94. The molecule has 20 heavy (non-hydrogen) atoms. The van der Waals surface area contributed by atoms with Crippen LogP contribution in [0.2, 0.25) is 5.02 Å². The zero-order valence-corrected chi connectivity index (χ0v) is 11.0. The van der Waals surface area contributed by atoms with Crippen LogP contribution in [-0.2, 0) is 6.54 Å². The Bertz CT molecular complexity index is 723. The number of nitrogens with zero attached hydrogens (tertiary/aromatic N) is 6. The van der Waals surface area contributed by atoms with Crippen molar-refractivity contribution in [1.29, 1.82) is 0 Å². The van der Waals surface area contributed by atoms with E-state index < -0.39 is 0 Å². The first kappa shape index (κ1) is 12.7. The standard InChI is InChI=1S/C11H10ClN7O/c12-7-2-1-4-14-9(7)10-15-11(20-17-10)8-6-19(5-3-13)18-16-8/h1-2,4,6H,3,5,13H2. The topological polar surface area (TPSA) is 109 Å². The van der Waals surface area contributed by atoms with Gasteiger partial charge in [0.15, 0.2) is 5.69 Å². The monoisotopic (exact) mass is 291 g/mol. The van der Waals surface area contributed by atoms with Crippen molar-refractivity contribution in [1.82, 2.24) is 30.1 Å². The summed E-state index contributed by atoms with van der Waals surface area (Å²) < 4.78 is 6.75. The van der Waals surface area contributed by atoms with Gasteiger partial charge < -0.3 is 10.3 Å². The summed E-state index contributed by atoms with van der Waals surface area (Å²) in [6.07, 6.45) is 3.29. The fourth-order valence-electron chi connectivity index (χ4n) is 1.61. The maximum Gasteiger partial charge on any atom is 0.280 e. The molecule has 0 atom stereocenters. The molecule has 0 spiro atoms. The predicted molar refractivity (Wildman–Crippen MR) is 70.6 cm³/mol. The van der Waals surface area contributed by atoms with Crippen molar-refractivity contribution in [3.63, 3.8) is 0 Å². The Morgan fingerprint density at radius 3 is 3.10 bits per heavy atom. The number of nitrogens with two attached hydrogens (primary N) is 1. The van der Waals surface area contributed by atoms with Crippen molar-refractivity contribution in [3.8, 4) is 23.1 Å². The van der Waals surface area contributed by atoms with E-state index in [9.17, 15) is 0 Å². The molecule has 3 rings (SSSR count). The minimum Gasteiger partial charge on any atom is -0.332 e. The molecule has 0 aliphatic heterocycles. The van der Waals surface area contributed by atoms with E-state index in [1.54, 1.807) is 29.2 Å². The number of rotatable bonds is 4. The third-order valence-corrected chi connectivity index (χ3v) is 2.82. The number of halogens is 1. The lowest BCUT2D eigenvalue weighted by atomic mass is 10.3. The van der Waals surface area contributed by atoms with Gasteiger partial charge in [0.1, 0.15) is 5.69 Å². The van der Waals surface area contributed by atoms with Gasteiger partial charge in [0.05, 0.1) is 17.8 Å². The normalized spacial score (nSPS) is 10.9. The van der Waals surface area contributed by atoms with Crippen LogP contribution < -0.4 is 5.73 Å². The molecule has 0 fully saturated rings. The van der Waals surface area contributed by atoms with E-state index in [-0.39, 0.29) is 5.89 Å². The molecule has 9 heteroatoms. The zero-order chi connectivity index (χ0) is 13.9. The first-order valence-corrected chi connectivity index (χ1v) is 6.21. The molecule has 0 bridgehead atoms. The summed E-state index contributed by atoms with van der Waals surface area (Å²) in [5.41, 5.74) is 6.38. The van der Waals surface area contributed by atoms with Gasteiger partial charge in [-0.1, -0.05) is 22.0 Å². The molecule has 0 aromatic carbocycles. The number of pyridine rings is 1. The smallest absolute Gasteiger partial charge is 0.280 e. The van der Waals surface area contributed by atoms with E-state index in [2.05, 4.69) is 25.4 Å². The number of hydrogen-bond donors (Lipinski definition) is 1. The van der Waals surface area contributed by atoms with Crippen LogP contribution in [0.25, 0.3) is 23.1 Å². The van der Waals surface area contributed by atoms with Gasteiger partial charge in [0.2, 0.25) is 5.82 Å². The second-order valence-corrected chi connectivity index (χ2v) is 4.32. The first-order chi connectivity index (χ1) is 9.78. The maximum absolute atomic E-state index is 6.03. The van der Waals surface area contributed by atoms with Gasteiger partial charge in [-0.15, -0.1) is 5.10 Å². The van der Waals surface area contributed by atoms with E-state index in [1.807, 2.05) is 0 Å². The highest BCUT2D eigenvalue weighted by Crippen LogP contribution is 2.24. The third-order valence-electron chi connectivity index (χ3n) is 2.51. The van der Waals surface area contributed by atoms with Gasteiger partial charge in [-0.2, -0.15) is 4.98 Å². The fraction of sp³-hybridized carbons (Fsp3) is 0.182. The van der Waals surface area contributed by atoms with Gasteiger partial charge in [-0.05, 0) is 12.1 Å². The summed E-state index contributed by atoms with van der Waals surface area (Å²) in [6, 6.07) is 3.43. The Balaban J connectivity index is 1.91. The molecule has 0 unspecified atom stereocenters. The second-order valence-electron chi connectivity index (χ2n) is 3.91. The molecule has 3 aromatic heterocycles. The summed E-state index contributed by atoms with van der Waals surface area (Å²) in [4.78, 5) is 8.33. The average Bonchev–Trinajstić information content (AvgIpc) is 3.08. The van der Waals surface area contributed by atoms with Crippen LogP contribution in [0.4, 0.5) is 0 Å². The summed E-state index contributed by atoms with van der Waals surface area (Å²) in [5.74, 6) is 0.559. The third kappa shape index (κ3) is 2.38. The summed E-state index contributed by atoms with van der Waals surface area (Å²) in [7, 11) is 0. The quantitative estimate of drug-likeness (QED) is 0.763. The maximum atomic E-state index is 6.03. The fourth-order valence-corrected chi connectivity index (χ4v) is 1.82. The molecule has 8 nitrogen and oxygen atoms in total. The molecule has 0 saturated carbocycles. The van der Waals surface area contributed by atoms with Gasteiger partial charge in [-0.3, -0.25) is 9.67 Å². The molecule has 0 amide bonds. The highest BCUT2D eigenvalue weighted by Gasteiger charge is 2.16. The Morgan fingerprint density at radius 2 is 2.30 bits per heavy atom. The molecule has 0 aliphatic carbocycles. The van der Waals surface area contributed by atoms with Crippen molar-refractivity contribution in [2.24, 2.45) is 5.73 Å². The summed E-state index contributed by atoms with van der Waals surface area (Å²) >= 11 is 6.03. The molecular weight excluding hydrogens is 282 g/mol. The van der Waals surface area contributed by atoms with E-state index in [4.69, 9.17) is 21.9 Å². The molecule has 2 N–H and O–H groups in total. The van der Waals surface area contributed by atoms with Gasteiger partial charge >= 0.3 is 0 Å². The lowest BCUT2D eigenvalue weighted by molar-refractivity contribution is 0.430. The minimum atomic E-state index is 0.255. The Kier molecular flexibility index (Phi) is 3.40. The van der Waals surface area contributed by atoms with Crippen molar-refractivity contribution < 1.29 is 4.52 Å². The highest BCUT2D eigenvalue weighted by molar-refractivity contribution is 6.32. The average molecular weight is 292 g/mol. The van der Waals surface area contributed by atoms with Gasteiger partial charge in [-0.25, -0.2) is 0 Å². The Labute approximate surface area is 118 Å². The predicted octanol–water partition coefficient (Wildman–Crippen LogP) is 1.00. The van der Waals surface area contributed by atoms with E-state index in [1.165, 1.54) is 0 Å². The van der Waals surface area contributed by atoms with Crippen molar-refractivity contribution in [3.05, 3.63) is 29.5 Å².